The second kappa shape index (κ2) is 7.45. The van der Waals surface area contributed by atoms with Gasteiger partial charge in [0.2, 0.25) is 5.91 Å². The molecule has 17 heavy (non-hydrogen) atoms. The number of carbonyl (C=O) groups is 1. The van der Waals surface area contributed by atoms with E-state index in [1.807, 2.05) is 38.1 Å². The first-order valence-corrected chi connectivity index (χ1v) is 6.66. The molecule has 2 N–H and O–H groups in total. The van der Waals surface area contributed by atoms with Crippen molar-refractivity contribution in [1.29, 1.82) is 0 Å². The van der Waals surface area contributed by atoms with Crippen molar-refractivity contribution in [1.82, 2.24) is 10.6 Å². The number of amides is 1. The van der Waals surface area contributed by atoms with Gasteiger partial charge in [0.25, 0.3) is 0 Å². The summed E-state index contributed by atoms with van der Waals surface area (Å²) in [7, 11) is 0. The van der Waals surface area contributed by atoms with E-state index in [0.717, 1.165) is 23.1 Å². The van der Waals surface area contributed by atoms with E-state index in [0.29, 0.717) is 6.54 Å². The predicted molar refractivity (Wildman–Crippen MR) is 73.7 cm³/mol. The van der Waals surface area contributed by atoms with Gasteiger partial charge in [-0.2, -0.15) is 0 Å². The molecular weight excluding hydrogens is 280 g/mol. The highest BCUT2D eigenvalue weighted by Crippen LogP contribution is 2.15. The molecule has 3 nitrogen and oxygen atoms in total. The van der Waals surface area contributed by atoms with Crippen LogP contribution in [0.25, 0.3) is 0 Å². The monoisotopic (exact) mass is 298 g/mol. The topological polar surface area (TPSA) is 41.1 Å². The molecular formula is C13H19BrN2O. The molecule has 0 spiro atoms. The molecule has 1 atom stereocenters. The number of carbonyl (C=O) groups excluding carboxylic acids is 1. The van der Waals surface area contributed by atoms with Gasteiger partial charge in [-0.15, -0.1) is 0 Å². The Bertz CT molecular complexity index is 368. The Morgan fingerprint density at radius 3 is 2.76 bits per heavy atom. The summed E-state index contributed by atoms with van der Waals surface area (Å²) < 4.78 is 1.03. The lowest BCUT2D eigenvalue weighted by molar-refractivity contribution is -0.124. The lowest BCUT2D eigenvalue weighted by Gasteiger charge is -2.13. The van der Waals surface area contributed by atoms with Gasteiger partial charge in [0.1, 0.15) is 0 Å². The molecule has 1 amide bonds. The highest BCUT2D eigenvalue weighted by Gasteiger charge is 2.11. The fourth-order valence-electron chi connectivity index (χ4n) is 1.45. The molecule has 0 heterocycles. The number of halogens is 1. The summed E-state index contributed by atoms with van der Waals surface area (Å²) in [4.78, 5) is 11.8. The van der Waals surface area contributed by atoms with Gasteiger partial charge in [-0.1, -0.05) is 48.0 Å². The van der Waals surface area contributed by atoms with Crippen molar-refractivity contribution in [3.63, 3.8) is 0 Å². The minimum absolute atomic E-state index is 0.00237. The highest BCUT2D eigenvalue weighted by molar-refractivity contribution is 9.10. The minimum atomic E-state index is -0.00237. The molecule has 1 aromatic rings. The summed E-state index contributed by atoms with van der Waals surface area (Å²) in [6.45, 7) is 6.14. The Balaban J connectivity index is 2.40. The Kier molecular flexibility index (Phi) is 6.22. The van der Waals surface area contributed by atoms with Crippen molar-refractivity contribution in [2.24, 2.45) is 5.92 Å². The molecule has 0 aliphatic rings. The number of benzene rings is 1. The molecule has 0 aliphatic heterocycles. The average Bonchev–Trinajstić information content (AvgIpc) is 2.34. The number of hydrogen-bond donors (Lipinski definition) is 2. The van der Waals surface area contributed by atoms with Crippen molar-refractivity contribution >= 4 is 21.8 Å². The van der Waals surface area contributed by atoms with E-state index in [9.17, 15) is 4.79 Å². The molecule has 0 fully saturated rings. The summed E-state index contributed by atoms with van der Waals surface area (Å²) in [6.07, 6.45) is 0. The normalized spacial score (nSPS) is 12.2. The van der Waals surface area contributed by atoms with Crippen LogP contribution in [0, 0.1) is 5.92 Å². The zero-order chi connectivity index (χ0) is 12.7. The predicted octanol–water partition coefficient (Wildman–Crippen LogP) is 2.31. The van der Waals surface area contributed by atoms with Gasteiger partial charge >= 0.3 is 0 Å². The maximum atomic E-state index is 11.8. The summed E-state index contributed by atoms with van der Waals surface area (Å²) in [5.41, 5.74) is 1.09. The zero-order valence-electron chi connectivity index (χ0n) is 10.3. The fourth-order valence-corrected chi connectivity index (χ4v) is 1.88. The van der Waals surface area contributed by atoms with E-state index < -0.39 is 0 Å². The lowest BCUT2D eigenvalue weighted by atomic mass is 10.1. The third-order valence-corrected chi connectivity index (χ3v) is 3.33. The molecule has 0 aromatic heterocycles. The first-order chi connectivity index (χ1) is 8.15. The lowest BCUT2D eigenvalue weighted by Crippen LogP contribution is -2.34. The standard InChI is InChI=1S/C13H19BrN2O/c1-3-15-8-10(2)13(17)16-9-11-6-4-5-7-12(11)14/h4-7,10,15H,3,8-9H2,1-2H3,(H,16,17). The van der Waals surface area contributed by atoms with Gasteiger partial charge in [0.15, 0.2) is 0 Å². The second-order valence-corrected chi connectivity index (χ2v) is 4.87. The molecule has 0 saturated heterocycles. The van der Waals surface area contributed by atoms with Crippen LogP contribution in [-0.2, 0) is 11.3 Å². The molecule has 94 valence electrons. The van der Waals surface area contributed by atoms with Crippen LogP contribution in [0.5, 0.6) is 0 Å². The highest BCUT2D eigenvalue weighted by atomic mass is 79.9. The van der Waals surface area contributed by atoms with E-state index in [4.69, 9.17) is 0 Å². The maximum Gasteiger partial charge on any atom is 0.224 e. The molecule has 1 unspecified atom stereocenters. The molecule has 0 aliphatic carbocycles. The van der Waals surface area contributed by atoms with Crippen LogP contribution >= 0.6 is 15.9 Å². The van der Waals surface area contributed by atoms with Crippen LogP contribution in [0.1, 0.15) is 19.4 Å². The van der Waals surface area contributed by atoms with Gasteiger partial charge in [-0.3, -0.25) is 4.79 Å². The summed E-state index contributed by atoms with van der Waals surface area (Å²) in [6, 6.07) is 7.90. The van der Waals surface area contributed by atoms with E-state index in [-0.39, 0.29) is 11.8 Å². The van der Waals surface area contributed by atoms with Crippen LogP contribution in [-0.4, -0.2) is 19.0 Å². The van der Waals surface area contributed by atoms with Crippen molar-refractivity contribution in [3.05, 3.63) is 34.3 Å². The van der Waals surface area contributed by atoms with Crippen LogP contribution in [0.4, 0.5) is 0 Å². The van der Waals surface area contributed by atoms with Crippen LogP contribution in [0.3, 0.4) is 0 Å². The largest absolute Gasteiger partial charge is 0.352 e. The Labute approximate surface area is 111 Å². The van der Waals surface area contributed by atoms with Crippen LogP contribution in [0.15, 0.2) is 28.7 Å². The Hall–Kier alpha value is -0.870. The quantitative estimate of drug-likeness (QED) is 0.846. The molecule has 1 rings (SSSR count). The van der Waals surface area contributed by atoms with Crippen molar-refractivity contribution in [2.45, 2.75) is 20.4 Å². The van der Waals surface area contributed by atoms with Crippen molar-refractivity contribution in [2.75, 3.05) is 13.1 Å². The van der Waals surface area contributed by atoms with Crippen molar-refractivity contribution < 1.29 is 4.79 Å². The number of hydrogen-bond acceptors (Lipinski definition) is 2. The minimum Gasteiger partial charge on any atom is -0.352 e. The molecule has 4 heteroatoms. The average molecular weight is 299 g/mol. The summed E-state index contributed by atoms with van der Waals surface area (Å²) in [5.74, 6) is 0.0825. The van der Waals surface area contributed by atoms with E-state index >= 15 is 0 Å². The van der Waals surface area contributed by atoms with Gasteiger partial charge in [0.05, 0.1) is 0 Å². The zero-order valence-corrected chi connectivity index (χ0v) is 11.9. The fraction of sp³-hybridized carbons (Fsp3) is 0.462. The van der Waals surface area contributed by atoms with Crippen molar-refractivity contribution in [3.8, 4) is 0 Å². The summed E-state index contributed by atoms with van der Waals surface area (Å²) >= 11 is 3.46. The number of rotatable bonds is 6. The van der Waals surface area contributed by atoms with Crippen LogP contribution in [0.2, 0.25) is 0 Å². The molecule has 1 aromatic carbocycles. The van der Waals surface area contributed by atoms with E-state index in [1.165, 1.54) is 0 Å². The maximum absolute atomic E-state index is 11.8. The number of nitrogens with one attached hydrogen (secondary N) is 2. The first-order valence-electron chi connectivity index (χ1n) is 5.87. The Morgan fingerprint density at radius 2 is 2.12 bits per heavy atom. The Morgan fingerprint density at radius 1 is 1.41 bits per heavy atom. The molecule has 0 saturated carbocycles. The third-order valence-electron chi connectivity index (χ3n) is 2.56. The molecule has 0 bridgehead atoms. The van der Waals surface area contributed by atoms with Gasteiger partial charge < -0.3 is 10.6 Å². The van der Waals surface area contributed by atoms with Gasteiger partial charge in [-0.05, 0) is 18.2 Å². The SMILES string of the molecule is CCNCC(C)C(=O)NCc1ccccc1Br. The van der Waals surface area contributed by atoms with Gasteiger partial charge in [-0.25, -0.2) is 0 Å². The molecule has 0 radical (unpaired) electrons. The second-order valence-electron chi connectivity index (χ2n) is 4.02. The first kappa shape index (κ1) is 14.2. The third kappa shape index (κ3) is 4.88. The van der Waals surface area contributed by atoms with Gasteiger partial charge in [0, 0.05) is 23.5 Å². The smallest absolute Gasteiger partial charge is 0.224 e. The van der Waals surface area contributed by atoms with Crippen LogP contribution < -0.4 is 10.6 Å². The van der Waals surface area contributed by atoms with E-state index in [1.54, 1.807) is 0 Å². The van der Waals surface area contributed by atoms with E-state index in [2.05, 4.69) is 26.6 Å². The summed E-state index contributed by atoms with van der Waals surface area (Å²) in [5, 5.41) is 6.11.